The summed E-state index contributed by atoms with van der Waals surface area (Å²) in [6, 6.07) is 15.4. The van der Waals surface area contributed by atoms with Crippen LogP contribution in [0.1, 0.15) is 29.5 Å². The van der Waals surface area contributed by atoms with Crippen molar-refractivity contribution < 1.29 is 0 Å². The summed E-state index contributed by atoms with van der Waals surface area (Å²) in [5.41, 5.74) is 6.61. The molecule has 1 saturated heterocycles. The lowest BCUT2D eigenvalue weighted by atomic mass is 10.1. The molecule has 0 atom stereocenters. The van der Waals surface area contributed by atoms with Gasteiger partial charge in [-0.3, -0.25) is 0 Å². The van der Waals surface area contributed by atoms with E-state index in [2.05, 4.69) is 66.5 Å². The molecule has 0 bridgehead atoms. The van der Waals surface area contributed by atoms with E-state index >= 15 is 0 Å². The van der Waals surface area contributed by atoms with Crippen molar-refractivity contribution in [3.8, 4) is 0 Å². The largest absolute Gasteiger partial charge is 0.379 e. The molecule has 1 N–H and O–H groups in total. The molecule has 1 heterocycles. The average Bonchev–Trinajstić information content (AvgIpc) is 2.98. The van der Waals surface area contributed by atoms with Crippen LogP contribution in [0.15, 0.2) is 42.5 Å². The van der Waals surface area contributed by atoms with Crippen LogP contribution in [0, 0.1) is 13.8 Å². The molecule has 0 radical (unpaired) electrons. The standard InChI is InChI=1S/C19H24N2/c1-15-11-16(2)13-17(12-15)14-20-18-7-3-4-8-19(18)21-9-5-6-10-21/h3-4,7-8,11-13,20H,5-6,9-10,14H2,1-2H3. The van der Waals surface area contributed by atoms with Gasteiger partial charge in [-0.1, -0.05) is 41.5 Å². The molecule has 21 heavy (non-hydrogen) atoms. The molecule has 0 unspecified atom stereocenters. The minimum absolute atomic E-state index is 0.882. The van der Waals surface area contributed by atoms with E-state index in [0.29, 0.717) is 0 Å². The normalized spacial score (nSPS) is 14.5. The summed E-state index contributed by atoms with van der Waals surface area (Å²) in [4.78, 5) is 2.49. The van der Waals surface area contributed by atoms with Gasteiger partial charge in [-0.2, -0.15) is 0 Å². The minimum atomic E-state index is 0.882. The molecule has 2 heteroatoms. The highest BCUT2D eigenvalue weighted by Gasteiger charge is 2.15. The maximum atomic E-state index is 3.62. The Bertz CT molecular complexity index is 592. The third-order valence-electron chi connectivity index (χ3n) is 4.12. The van der Waals surface area contributed by atoms with E-state index in [1.54, 1.807) is 0 Å². The molecule has 1 aliphatic heterocycles. The number of aryl methyl sites for hydroxylation is 2. The Morgan fingerprint density at radius 2 is 1.62 bits per heavy atom. The molecule has 110 valence electrons. The van der Waals surface area contributed by atoms with E-state index < -0.39 is 0 Å². The van der Waals surface area contributed by atoms with Crippen LogP contribution < -0.4 is 10.2 Å². The average molecular weight is 280 g/mol. The molecule has 2 nitrogen and oxygen atoms in total. The summed E-state index contributed by atoms with van der Waals surface area (Å²) >= 11 is 0. The van der Waals surface area contributed by atoms with E-state index in [-0.39, 0.29) is 0 Å². The van der Waals surface area contributed by atoms with Gasteiger partial charge in [-0.15, -0.1) is 0 Å². The molecule has 3 rings (SSSR count). The first-order valence-corrected chi connectivity index (χ1v) is 7.87. The summed E-state index contributed by atoms with van der Waals surface area (Å²) in [7, 11) is 0. The molecule has 1 fully saturated rings. The second-order valence-electron chi connectivity index (χ2n) is 6.06. The van der Waals surface area contributed by atoms with Gasteiger partial charge in [0.15, 0.2) is 0 Å². The van der Waals surface area contributed by atoms with Gasteiger partial charge in [0.25, 0.3) is 0 Å². The Kier molecular flexibility index (Phi) is 4.14. The number of hydrogen-bond acceptors (Lipinski definition) is 2. The number of para-hydroxylation sites is 2. The maximum absolute atomic E-state index is 3.62. The van der Waals surface area contributed by atoms with Crippen molar-refractivity contribution in [2.45, 2.75) is 33.2 Å². The number of rotatable bonds is 4. The zero-order chi connectivity index (χ0) is 14.7. The second kappa shape index (κ2) is 6.21. The third-order valence-corrected chi connectivity index (χ3v) is 4.12. The Labute approximate surface area is 127 Å². The van der Waals surface area contributed by atoms with E-state index in [9.17, 15) is 0 Å². The van der Waals surface area contributed by atoms with Crippen LogP contribution in [0.25, 0.3) is 0 Å². The lowest BCUT2D eigenvalue weighted by Crippen LogP contribution is -2.19. The number of benzene rings is 2. The number of nitrogens with zero attached hydrogens (tertiary/aromatic N) is 1. The first kappa shape index (κ1) is 14.0. The van der Waals surface area contributed by atoms with E-state index in [1.165, 1.54) is 54.0 Å². The molecule has 0 aromatic heterocycles. The smallest absolute Gasteiger partial charge is 0.0602 e. The van der Waals surface area contributed by atoms with Crippen LogP contribution in [0.5, 0.6) is 0 Å². The fourth-order valence-corrected chi connectivity index (χ4v) is 3.23. The Morgan fingerprint density at radius 1 is 0.952 bits per heavy atom. The minimum Gasteiger partial charge on any atom is -0.379 e. The van der Waals surface area contributed by atoms with Gasteiger partial charge < -0.3 is 10.2 Å². The lowest BCUT2D eigenvalue weighted by molar-refractivity contribution is 0.949. The second-order valence-corrected chi connectivity index (χ2v) is 6.06. The SMILES string of the molecule is Cc1cc(C)cc(CNc2ccccc2N2CCCC2)c1. The molecule has 2 aromatic rings. The van der Waals surface area contributed by atoms with Crippen molar-refractivity contribution >= 4 is 11.4 Å². The van der Waals surface area contributed by atoms with Gasteiger partial charge in [0, 0.05) is 19.6 Å². The summed E-state index contributed by atoms with van der Waals surface area (Å²) in [6.45, 7) is 7.57. The van der Waals surface area contributed by atoms with Crippen LogP contribution in [0.4, 0.5) is 11.4 Å². The summed E-state index contributed by atoms with van der Waals surface area (Å²) in [6.07, 6.45) is 2.62. The van der Waals surface area contributed by atoms with Crippen LogP contribution >= 0.6 is 0 Å². The van der Waals surface area contributed by atoms with Gasteiger partial charge in [-0.05, 0) is 44.4 Å². The van der Waals surface area contributed by atoms with Crippen LogP contribution in [0.2, 0.25) is 0 Å². The highest BCUT2D eigenvalue weighted by molar-refractivity contribution is 5.70. The number of nitrogens with one attached hydrogen (secondary N) is 1. The van der Waals surface area contributed by atoms with E-state index in [0.717, 1.165) is 6.54 Å². The summed E-state index contributed by atoms with van der Waals surface area (Å²) in [5.74, 6) is 0. The van der Waals surface area contributed by atoms with Crippen LogP contribution in [-0.4, -0.2) is 13.1 Å². The monoisotopic (exact) mass is 280 g/mol. The maximum Gasteiger partial charge on any atom is 0.0602 e. The molecule has 1 aliphatic rings. The van der Waals surface area contributed by atoms with E-state index in [4.69, 9.17) is 0 Å². The van der Waals surface area contributed by atoms with Crippen molar-refractivity contribution in [2.24, 2.45) is 0 Å². The topological polar surface area (TPSA) is 15.3 Å². The quantitative estimate of drug-likeness (QED) is 0.886. The van der Waals surface area contributed by atoms with Gasteiger partial charge in [0.05, 0.1) is 11.4 Å². The van der Waals surface area contributed by atoms with Crippen molar-refractivity contribution in [3.63, 3.8) is 0 Å². The Hall–Kier alpha value is -1.96. The van der Waals surface area contributed by atoms with Crippen LogP contribution in [-0.2, 0) is 6.54 Å². The van der Waals surface area contributed by atoms with Gasteiger partial charge in [-0.25, -0.2) is 0 Å². The first-order chi connectivity index (χ1) is 10.2. The molecular weight excluding hydrogens is 256 g/mol. The molecular formula is C19H24N2. The predicted octanol–water partition coefficient (Wildman–Crippen LogP) is 4.52. The first-order valence-electron chi connectivity index (χ1n) is 7.87. The summed E-state index contributed by atoms with van der Waals surface area (Å²) in [5, 5.41) is 3.62. The van der Waals surface area contributed by atoms with Crippen molar-refractivity contribution in [1.82, 2.24) is 0 Å². The molecule has 0 spiro atoms. The van der Waals surface area contributed by atoms with Crippen molar-refractivity contribution in [2.75, 3.05) is 23.3 Å². The number of anilines is 2. The molecule has 0 amide bonds. The summed E-state index contributed by atoms with van der Waals surface area (Å²) < 4.78 is 0. The Balaban J connectivity index is 1.75. The fraction of sp³-hybridized carbons (Fsp3) is 0.368. The predicted molar refractivity (Wildman–Crippen MR) is 91.1 cm³/mol. The zero-order valence-electron chi connectivity index (χ0n) is 13.0. The van der Waals surface area contributed by atoms with Crippen molar-refractivity contribution in [3.05, 3.63) is 59.2 Å². The lowest BCUT2D eigenvalue weighted by Gasteiger charge is -2.22. The van der Waals surface area contributed by atoms with Gasteiger partial charge in [0.2, 0.25) is 0 Å². The van der Waals surface area contributed by atoms with Crippen molar-refractivity contribution in [1.29, 1.82) is 0 Å². The zero-order valence-corrected chi connectivity index (χ0v) is 13.0. The fourth-order valence-electron chi connectivity index (χ4n) is 3.23. The van der Waals surface area contributed by atoms with Gasteiger partial charge in [0.1, 0.15) is 0 Å². The molecule has 0 saturated carbocycles. The Morgan fingerprint density at radius 3 is 2.33 bits per heavy atom. The highest BCUT2D eigenvalue weighted by atomic mass is 15.2. The highest BCUT2D eigenvalue weighted by Crippen LogP contribution is 2.29. The third kappa shape index (κ3) is 3.38. The van der Waals surface area contributed by atoms with Gasteiger partial charge >= 0.3 is 0 Å². The molecule has 2 aromatic carbocycles. The number of hydrogen-bond donors (Lipinski definition) is 1. The van der Waals surface area contributed by atoms with Crippen LogP contribution in [0.3, 0.4) is 0 Å². The van der Waals surface area contributed by atoms with E-state index in [1.807, 2.05) is 0 Å². The molecule has 0 aliphatic carbocycles.